The lowest BCUT2D eigenvalue weighted by Crippen LogP contribution is -2.30. The molecule has 1 aliphatic carbocycles. The Kier molecular flexibility index (Phi) is 5.95. The van der Waals surface area contributed by atoms with E-state index in [1.165, 1.54) is 0 Å². The van der Waals surface area contributed by atoms with Gasteiger partial charge in [-0.05, 0) is 49.2 Å². The van der Waals surface area contributed by atoms with Crippen LogP contribution in [-0.4, -0.2) is 23.7 Å². The quantitative estimate of drug-likeness (QED) is 0.655. The molecule has 1 saturated carbocycles. The molecule has 25 heavy (non-hydrogen) atoms. The summed E-state index contributed by atoms with van der Waals surface area (Å²) in [6.45, 7) is 0. The Morgan fingerprint density at radius 1 is 0.920 bits per heavy atom. The Morgan fingerprint density at radius 3 is 2.20 bits per heavy atom. The second-order valence-corrected chi connectivity index (χ2v) is 7.08. The van der Waals surface area contributed by atoms with Crippen LogP contribution in [0.15, 0.2) is 59.5 Å². The highest BCUT2D eigenvalue weighted by Gasteiger charge is 2.23. The van der Waals surface area contributed by atoms with Gasteiger partial charge in [0, 0.05) is 34.5 Å². The smallest absolute Gasteiger partial charge is 0.319 e. The second kappa shape index (κ2) is 8.58. The number of rotatable bonds is 7. The molecule has 0 unspecified atom stereocenters. The summed E-state index contributed by atoms with van der Waals surface area (Å²) in [5.74, 6) is 0.715. The molecule has 0 atom stereocenters. The van der Waals surface area contributed by atoms with Crippen molar-refractivity contribution in [3.8, 4) is 0 Å². The fourth-order valence-corrected chi connectivity index (χ4v) is 3.09. The molecule has 0 aliphatic heterocycles. The Morgan fingerprint density at radius 2 is 1.56 bits per heavy atom. The highest BCUT2D eigenvalue weighted by molar-refractivity contribution is 7.99. The molecular weight excluding hydrogens is 334 g/mol. The minimum atomic E-state index is -0.183. The molecule has 3 rings (SSSR count). The minimum absolute atomic E-state index is 0.0179. The van der Waals surface area contributed by atoms with Crippen LogP contribution in [0.5, 0.6) is 0 Å². The van der Waals surface area contributed by atoms with Crippen molar-refractivity contribution in [2.45, 2.75) is 30.2 Å². The van der Waals surface area contributed by atoms with Crippen molar-refractivity contribution >= 4 is 35.1 Å². The topological polar surface area (TPSA) is 70.2 Å². The molecule has 3 amide bonds. The molecule has 5 nitrogen and oxygen atoms in total. The molecule has 0 heterocycles. The molecule has 0 saturated heterocycles. The average Bonchev–Trinajstić information content (AvgIpc) is 3.41. The lowest BCUT2D eigenvalue weighted by Gasteiger charge is -2.08. The number of amides is 3. The van der Waals surface area contributed by atoms with Gasteiger partial charge in [-0.3, -0.25) is 4.79 Å². The zero-order chi connectivity index (χ0) is 17.5. The monoisotopic (exact) mass is 355 g/mol. The Bertz CT molecular complexity index is 715. The van der Waals surface area contributed by atoms with Gasteiger partial charge < -0.3 is 16.0 Å². The van der Waals surface area contributed by atoms with Gasteiger partial charge in [0.1, 0.15) is 0 Å². The number of benzene rings is 2. The summed E-state index contributed by atoms with van der Waals surface area (Å²) in [5, 5.41) is 8.51. The van der Waals surface area contributed by atoms with E-state index in [4.69, 9.17) is 0 Å². The van der Waals surface area contributed by atoms with Crippen LogP contribution >= 0.6 is 11.8 Å². The van der Waals surface area contributed by atoms with Crippen molar-refractivity contribution in [1.29, 1.82) is 0 Å². The summed E-state index contributed by atoms with van der Waals surface area (Å²) in [6.07, 6.45) is 2.56. The first-order chi connectivity index (χ1) is 12.2. The van der Waals surface area contributed by atoms with E-state index in [9.17, 15) is 9.59 Å². The maximum absolute atomic E-state index is 12.0. The summed E-state index contributed by atoms with van der Waals surface area (Å²) in [4.78, 5) is 24.8. The molecule has 1 fully saturated rings. The second-order valence-electron chi connectivity index (χ2n) is 5.91. The van der Waals surface area contributed by atoms with Gasteiger partial charge in [-0.15, -0.1) is 11.8 Å². The first-order valence-electron chi connectivity index (χ1n) is 8.34. The van der Waals surface area contributed by atoms with Gasteiger partial charge in [-0.25, -0.2) is 4.79 Å². The fraction of sp³-hybridized carbons (Fsp3) is 0.263. The van der Waals surface area contributed by atoms with Crippen LogP contribution in [0.4, 0.5) is 16.2 Å². The first-order valence-corrected chi connectivity index (χ1v) is 9.33. The van der Waals surface area contributed by atoms with Crippen LogP contribution < -0.4 is 16.0 Å². The van der Waals surface area contributed by atoms with E-state index in [0.717, 1.165) is 29.2 Å². The van der Waals surface area contributed by atoms with Crippen LogP contribution in [0, 0.1) is 0 Å². The average molecular weight is 355 g/mol. The zero-order valence-corrected chi connectivity index (χ0v) is 14.6. The van der Waals surface area contributed by atoms with Gasteiger partial charge in [0.15, 0.2) is 0 Å². The van der Waals surface area contributed by atoms with E-state index < -0.39 is 0 Å². The molecule has 2 aromatic carbocycles. The van der Waals surface area contributed by atoms with E-state index >= 15 is 0 Å². The van der Waals surface area contributed by atoms with Crippen LogP contribution in [0.3, 0.4) is 0 Å². The standard InChI is InChI=1S/C19H21N3O2S/c23-18(12-13-25-17-4-2-1-3-5-17)20-14-6-8-15(9-7-14)21-19(24)22-16-10-11-16/h1-9,16H,10-13H2,(H,20,23)(H2,21,22,24). The number of nitrogens with one attached hydrogen (secondary N) is 3. The number of anilines is 2. The normalized spacial score (nSPS) is 13.1. The molecule has 130 valence electrons. The Hall–Kier alpha value is -2.47. The van der Waals surface area contributed by atoms with Crippen LogP contribution in [0.1, 0.15) is 19.3 Å². The van der Waals surface area contributed by atoms with Crippen molar-refractivity contribution in [2.75, 3.05) is 16.4 Å². The third kappa shape index (κ3) is 6.15. The van der Waals surface area contributed by atoms with Gasteiger partial charge in [-0.2, -0.15) is 0 Å². The first kappa shape index (κ1) is 17.4. The maximum atomic E-state index is 12.0. The summed E-state index contributed by atoms with van der Waals surface area (Å²) in [6, 6.07) is 17.3. The lowest BCUT2D eigenvalue weighted by molar-refractivity contribution is -0.115. The van der Waals surface area contributed by atoms with E-state index in [1.807, 2.05) is 30.3 Å². The zero-order valence-electron chi connectivity index (χ0n) is 13.8. The highest BCUT2D eigenvalue weighted by atomic mass is 32.2. The Balaban J connectivity index is 1.39. The number of hydrogen-bond acceptors (Lipinski definition) is 3. The summed E-state index contributed by atoms with van der Waals surface area (Å²) in [5.41, 5.74) is 1.43. The Labute approximate surface area is 151 Å². The largest absolute Gasteiger partial charge is 0.335 e. The van der Waals surface area contributed by atoms with Gasteiger partial charge in [0.05, 0.1) is 0 Å². The van der Waals surface area contributed by atoms with E-state index in [1.54, 1.807) is 36.0 Å². The summed E-state index contributed by atoms with van der Waals surface area (Å²) < 4.78 is 0. The molecule has 0 aromatic heterocycles. The number of urea groups is 1. The fourth-order valence-electron chi connectivity index (χ4n) is 2.22. The predicted octanol–water partition coefficient (Wildman–Crippen LogP) is 4.09. The summed E-state index contributed by atoms with van der Waals surface area (Å²) >= 11 is 1.66. The third-order valence-electron chi connectivity index (χ3n) is 3.68. The lowest BCUT2D eigenvalue weighted by atomic mass is 10.2. The van der Waals surface area contributed by atoms with Crippen LogP contribution in [0.25, 0.3) is 0 Å². The molecule has 6 heteroatoms. The summed E-state index contributed by atoms with van der Waals surface area (Å²) in [7, 11) is 0. The maximum Gasteiger partial charge on any atom is 0.319 e. The molecular formula is C19H21N3O2S. The van der Waals surface area contributed by atoms with E-state index in [-0.39, 0.29) is 11.9 Å². The van der Waals surface area contributed by atoms with Crippen molar-refractivity contribution in [1.82, 2.24) is 5.32 Å². The van der Waals surface area contributed by atoms with E-state index in [2.05, 4.69) is 16.0 Å². The number of hydrogen-bond donors (Lipinski definition) is 3. The van der Waals surface area contributed by atoms with Crippen molar-refractivity contribution in [3.63, 3.8) is 0 Å². The van der Waals surface area contributed by atoms with Gasteiger partial charge in [-0.1, -0.05) is 18.2 Å². The van der Waals surface area contributed by atoms with Crippen molar-refractivity contribution in [2.24, 2.45) is 0 Å². The SMILES string of the molecule is O=C(CCSc1ccccc1)Nc1ccc(NC(=O)NC2CC2)cc1. The number of carbonyl (C=O) groups is 2. The molecule has 2 aromatic rings. The van der Waals surface area contributed by atoms with Gasteiger partial charge in [0.25, 0.3) is 0 Å². The number of thioether (sulfide) groups is 1. The molecule has 0 radical (unpaired) electrons. The van der Waals surface area contributed by atoms with Crippen LogP contribution in [0.2, 0.25) is 0 Å². The molecule has 3 N–H and O–H groups in total. The predicted molar refractivity (Wildman–Crippen MR) is 102 cm³/mol. The molecule has 0 bridgehead atoms. The minimum Gasteiger partial charge on any atom is -0.335 e. The van der Waals surface area contributed by atoms with Crippen molar-refractivity contribution in [3.05, 3.63) is 54.6 Å². The van der Waals surface area contributed by atoms with Gasteiger partial charge in [0.2, 0.25) is 5.91 Å². The van der Waals surface area contributed by atoms with E-state index in [0.29, 0.717) is 18.2 Å². The third-order valence-corrected chi connectivity index (χ3v) is 4.69. The molecule has 0 spiro atoms. The van der Waals surface area contributed by atoms with Crippen molar-refractivity contribution < 1.29 is 9.59 Å². The number of carbonyl (C=O) groups excluding carboxylic acids is 2. The highest BCUT2D eigenvalue weighted by Crippen LogP contribution is 2.20. The van der Waals surface area contributed by atoms with Gasteiger partial charge >= 0.3 is 6.03 Å². The van der Waals surface area contributed by atoms with Crippen LogP contribution in [-0.2, 0) is 4.79 Å². The molecule has 1 aliphatic rings.